The van der Waals surface area contributed by atoms with Crippen molar-refractivity contribution in [1.29, 1.82) is 0 Å². The molecule has 0 saturated heterocycles. The standard InChI is InChI=1S/C29H27N5O2/c1-17-13-23(18-5-3-2-4-6-18)32-24-14-21(11-12-22(17)24)25-16-34-26(27(30)33-25)15-31-28(34)19-7-9-20(10-8-19)29(35)36/h2-6,11-16,19-20H,7-10H2,1H3,(H2,30,33)(H,35,36). The van der Waals surface area contributed by atoms with E-state index in [1.54, 1.807) is 6.20 Å². The molecule has 0 unspecified atom stereocenters. The van der Waals surface area contributed by atoms with Crippen molar-refractivity contribution in [3.63, 3.8) is 0 Å². The molecule has 1 aliphatic rings. The van der Waals surface area contributed by atoms with Crippen LogP contribution < -0.4 is 5.73 Å². The molecule has 3 N–H and O–H groups in total. The molecule has 0 radical (unpaired) electrons. The molecule has 2 aromatic carbocycles. The predicted octanol–water partition coefficient (Wildman–Crippen LogP) is 5.86. The van der Waals surface area contributed by atoms with Crippen LogP contribution in [0.15, 0.2) is 67.0 Å². The number of aromatic nitrogens is 4. The number of rotatable bonds is 4. The highest BCUT2D eigenvalue weighted by Gasteiger charge is 2.29. The SMILES string of the molecule is Cc1cc(-c2ccccc2)nc2cc(-c3cn4c(C5CCC(C(=O)O)CC5)ncc4c(N)n3)ccc12. The number of nitrogen functional groups attached to an aromatic ring is 1. The Labute approximate surface area is 208 Å². The van der Waals surface area contributed by atoms with Gasteiger partial charge >= 0.3 is 5.97 Å². The molecule has 180 valence electrons. The average molecular weight is 478 g/mol. The van der Waals surface area contributed by atoms with Crippen molar-refractivity contribution >= 4 is 28.2 Å². The van der Waals surface area contributed by atoms with Gasteiger partial charge in [0.2, 0.25) is 0 Å². The summed E-state index contributed by atoms with van der Waals surface area (Å²) >= 11 is 0. The molecule has 0 atom stereocenters. The van der Waals surface area contributed by atoms with Crippen LogP contribution in [-0.4, -0.2) is 30.4 Å². The number of fused-ring (bicyclic) bond motifs is 2. The Morgan fingerprint density at radius 2 is 1.75 bits per heavy atom. The van der Waals surface area contributed by atoms with Crippen LogP contribution in [0, 0.1) is 12.8 Å². The Kier molecular flexibility index (Phi) is 5.40. The van der Waals surface area contributed by atoms with Crippen LogP contribution in [-0.2, 0) is 4.79 Å². The normalized spacial score (nSPS) is 18.0. The second kappa shape index (κ2) is 8.75. The zero-order valence-electron chi connectivity index (χ0n) is 20.1. The van der Waals surface area contributed by atoms with E-state index in [4.69, 9.17) is 10.7 Å². The Morgan fingerprint density at radius 3 is 2.50 bits per heavy atom. The fourth-order valence-electron chi connectivity index (χ4n) is 5.40. The van der Waals surface area contributed by atoms with Gasteiger partial charge in [0.05, 0.1) is 29.0 Å². The Bertz CT molecular complexity index is 1600. The van der Waals surface area contributed by atoms with E-state index < -0.39 is 5.97 Å². The lowest BCUT2D eigenvalue weighted by atomic mass is 9.81. The minimum atomic E-state index is -0.701. The molecule has 3 heterocycles. The number of hydrogen-bond donors (Lipinski definition) is 2. The maximum Gasteiger partial charge on any atom is 0.306 e. The number of carboxylic acid groups (broad SMARTS) is 1. The highest BCUT2D eigenvalue weighted by atomic mass is 16.4. The Balaban J connectivity index is 1.41. The highest BCUT2D eigenvalue weighted by Crippen LogP contribution is 2.37. The number of carboxylic acids is 1. The van der Waals surface area contributed by atoms with Crippen molar-refractivity contribution in [2.45, 2.75) is 38.5 Å². The molecule has 1 fully saturated rings. The molecule has 0 amide bonds. The molecule has 3 aromatic heterocycles. The number of pyridine rings is 1. The van der Waals surface area contributed by atoms with E-state index in [1.807, 2.05) is 28.8 Å². The van der Waals surface area contributed by atoms with E-state index in [-0.39, 0.29) is 11.8 Å². The van der Waals surface area contributed by atoms with Crippen molar-refractivity contribution in [2.75, 3.05) is 5.73 Å². The molecule has 0 aliphatic heterocycles. The third-order valence-electron chi connectivity index (χ3n) is 7.40. The summed E-state index contributed by atoms with van der Waals surface area (Å²) in [5, 5.41) is 10.5. The smallest absolute Gasteiger partial charge is 0.306 e. The summed E-state index contributed by atoms with van der Waals surface area (Å²) in [6.07, 6.45) is 6.70. The topological polar surface area (TPSA) is 106 Å². The van der Waals surface area contributed by atoms with E-state index in [9.17, 15) is 9.90 Å². The van der Waals surface area contributed by atoms with Gasteiger partial charge in [-0.05, 0) is 50.3 Å². The monoisotopic (exact) mass is 477 g/mol. The average Bonchev–Trinajstić information content (AvgIpc) is 3.33. The van der Waals surface area contributed by atoms with Gasteiger partial charge in [-0.3, -0.25) is 9.20 Å². The number of imidazole rings is 1. The maximum atomic E-state index is 11.4. The molecule has 0 spiro atoms. The van der Waals surface area contributed by atoms with Crippen LogP contribution in [0.3, 0.4) is 0 Å². The first-order valence-electron chi connectivity index (χ1n) is 12.3. The van der Waals surface area contributed by atoms with Crippen molar-refractivity contribution in [2.24, 2.45) is 5.92 Å². The van der Waals surface area contributed by atoms with Gasteiger partial charge in [0.1, 0.15) is 17.2 Å². The minimum absolute atomic E-state index is 0.201. The van der Waals surface area contributed by atoms with Crippen molar-refractivity contribution in [3.05, 3.63) is 78.4 Å². The number of nitrogens with zero attached hydrogens (tertiary/aromatic N) is 4. The van der Waals surface area contributed by atoms with Gasteiger partial charge in [0.25, 0.3) is 0 Å². The van der Waals surface area contributed by atoms with E-state index in [0.717, 1.165) is 57.6 Å². The van der Waals surface area contributed by atoms with Gasteiger partial charge in [-0.15, -0.1) is 0 Å². The molecular weight excluding hydrogens is 450 g/mol. The predicted molar refractivity (Wildman–Crippen MR) is 141 cm³/mol. The number of aryl methyl sites for hydroxylation is 1. The molecular formula is C29H27N5O2. The second-order valence-corrected chi connectivity index (χ2v) is 9.69. The van der Waals surface area contributed by atoms with Crippen LogP contribution in [0.4, 0.5) is 5.82 Å². The fourth-order valence-corrected chi connectivity index (χ4v) is 5.40. The van der Waals surface area contributed by atoms with Gasteiger partial charge in [-0.1, -0.05) is 42.5 Å². The number of benzene rings is 2. The zero-order valence-corrected chi connectivity index (χ0v) is 20.1. The van der Waals surface area contributed by atoms with E-state index in [1.165, 1.54) is 5.56 Å². The Hall–Kier alpha value is -4.26. The first-order valence-corrected chi connectivity index (χ1v) is 12.3. The van der Waals surface area contributed by atoms with Gasteiger partial charge in [0, 0.05) is 28.6 Å². The highest BCUT2D eigenvalue weighted by molar-refractivity contribution is 5.88. The lowest BCUT2D eigenvalue weighted by Gasteiger charge is -2.25. The van der Waals surface area contributed by atoms with Crippen molar-refractivity contribution in [3.8, 4) is 22.5 Å². The third kappa shape index (κ3) is 3.86. The largest absolute Gasteiger partial charge is 0.481 e. The van der Waals surface area contributed by atoms with Gasteiger partial charge in [-0.25, -0.2) is 15.0 Å². The molecule has 7 heteroatoms. The third-order valence-corrected chi connectivity index (χ3v) is 7.40. The summed E-state index contributed by atoms with van der Waals surface area (Å²) in [5.74, 6) is 0.585. The molecule has 5 aromatic rings. The fraction of sp³-hybridized carbons (Fsp3) is 0.241. The van der Waals surface area contributed by atoms with Gasteiger partial charge < -0.3 is 10.8 Å². The van der Waals surface area contributed by atoms with Gasteiger partial charge in [-0.2, -0.15) is 0 Å². The number of hydrogen-bond acceptors (Lipinski definition) is 5. The quantitative estimate of drug-likeness (QED) is 0.336. The van der Waals surface area contributed by atoms with Crippen LogP contribution in [0.25, 0.3) is 38.9 Å². The summed E-state index contributed by atoms with van der Waals surface area (Å²) < 4.78 is 2.03. The maximum absolute atomic E-state index is 11.4. The first kappa shape index (κ1) is 22.2. The molecule has 7 nitrogen and oxygen atoms in total. The van der Waals surface area contributed by atoms with E-state index in [2.05, 4.69) is 53.3 Å². The molecule has 36 heavy (non-hydrogen) atoms. The van der Waals surface area contributed by atoms with Crippen molar-refractivity contribution < 1.29 is 9.90 Å². The van der Waals surface area contributed by atoms with E-state index in [0.29, 0.717) is 18.7 Å². The number of nitrogens with two attached hydrogens (primary N) is 1. The second-order valence-electron chi connectivity index (χ2n) is 9.69. The minimum Gasteiger partial charge on any atom is -0.481 e. The summed E-state index contributed by atoms with van der Waals surface area (Å²) in [5.41, 5.74) is 12.9. The zero-order chi connectivity index (χ0) is 24.8. The summed E-state index contributed by atoms with van der Waals surface area (Å²) in [4.78, 5) is 25.7. The molecule has 0 bridgehead atoms. The van der Waals surface area contributed by atoms with Crippen LogP contribution in [0.5, 0.6) is 0 Å². The number of carbonyl (C=O) groups is 1. The van der Waals surface area contributed by atoms with Crippen LogP contribution in [0.2, 0.25) is 0 Å². The lowest BCUT2D eigenvalue weighted by Crippen LogP contribution is -2.21. The van der Waals surface area contributed by atoms with Crippen LogP contribution >= 0.6 is 0 Å². The summed E-state index contributed by atoms with van der Waals surface area (Å²) in [6, 6.07) is 18.5. The van der Waals surface area contributed by atoms with Crippen LogP contribution in [0.1, 0.15) is 43.0 Å². The number of anilines is 1. The van der Waals surface area contributed by atoms with Gasteiger partial charge in [0.15, 0.2) is 0 Å². The molecule has 1 aliphatic carbocycles. The van der Waals surface area contributed by atoms with E-state index >= 15 is 0 Å². The number of aliphatic carboxylic acids is 1. The molecule has 6 rings (SSSR count). The first-order chi connectivity index (χ1) is 17.5. The summed E-state index contributed by atoms with van der Waals surface area (Å²) in [6.45, 7) is 2.11. The molecule has 1 saturated carbocycles. The lowest BCUT2D eigenvalue weighted by molar-refractivity contribution is -0.142. The summed E-state index contributed by atoms with van der Waals surface area (Å²) in [7, 11) is 0. The van der Waals surface area contributed by atoms with Crippen molar-refractivity contribution in [1.82, 2.24) is 19.4 Å². The Morgan fingerprint density at radius 1 is 0.972 bits per heavy atom.